The molecule has 0 saturated carbocycles. The summed E-state index contributed by atoms with van der Waals surface area (Å²) in [5, 5.41) is 10.1. The molecule has 0 aromatic heterocycles. The summed E-state index contributed by atoms with van der Waals surface area (Å²) in [5.41, 5.74) is 0.480. The summed E-state index contributed by atoms with van der Waals surface area (Å²) in [7, 11) is 0. The van der Waals surface area contributed by atoms with Crippen molar-refractivity contribution in [1.82, 2.24) is 0 Å². The van der Waals surface area contributed by atoms with Crippen LogP contribution in [-0.2, 0) is 6.54 Å². The van der Waals surface area contributed by atoms with Gasteiger partial charge in [-0.05, 0) is 34.1 Å². The smallest absolute Gasteiger partial charge is 0.228 e. The molecule has 0 amide bonds. The van der Waals surface area contributed by atoms with Crippen molar-refractivity contribution < 1.29 is 9.31 Å². The van der Waals surface area contributed by atoms with Crippen molar-refractivity contribution in [2.45, 2.75) is 6.54 Å². The van der Waals surface area contributed by atoms with Gasteiger partial charge in [-0.1, -0.05) is 0 Å². The molecule has 0 radical (unpaired) electrons. The molecule has 0 bridgehead atoms. The van der Waals surface area contributed by atoms with E-state index in [-0.39, 0.29) is 11.0 Å². The van der Waals surface area contributed by atoms with Crippen LogP contribution in [0.5, 0.6) is 0 Å². The zero-order valence-corrected chi connectivity index (χ0v) is 7.54. The van der Waals surface area contributed by atoms with Gasteiger partial charge in [-0.2, -0.15) is 0 Å². The standard InChI is InChI=1S/C7H5BrFNO2/c8-6-3-5(4-10(11)12)1-2-7(6)9/h1-3H,4H2. The number of rotatable bonds is 2. The number of hydrogen-bond acceptors (Lipinski definition) is 2. The number of benzene rings is 1. The molecule has 0 fully saturated rings. The van der Waals surface area contributed by atoms with Crippen molar-refractivity contribution in [3.63, 3.8) is 0 Å². The van der Waals surface area contributed by atoms with Crippen LogP contribution in [0.3, 0.4) is 0 Å². The van der Waals surface area contributed by atoms with Gasteiger partial charge in [-0.25, -0.2) is 4.39 Å². The monoisotopic (exact) mass is 233 g/mol. The van der Waals surface area contributed by atoms with Crippen molar-refractivity contribution in [1.29, 1.82) is 0 Å². The molecule has 0 N–H and O–H groups in total. The van der Waals surface area contributed by atoms with E-state index in [9.17, 15) is 14.5 Å². The molecule has 1 aromatic rings. The molecule has 5 heteroatoms. The second-order valence-corrected chi connectivity index (χ2v) is 3.09. The van der Waals surface area contributed by atoms with Gasteiger partial charge in [0.05, 0.1) is 4.47 Å². The Balaban J connectivity index is 2.89. The lowest BCUT2D eigenvalue weighted by atomic mass is 10.2. The van der Waals surface area contributed by atoms with Crippen molar-refractivity contribution in [3.05, 3.63) is 44.2 Å². The summed E-state index contributed by atoms with van der Waals surface area (Å²) in [5.74, 6) is -0.415. The third-order valence-corrected chi connectivity index (χ3v) is 1.90. The number of nitro groups is 1. The van der Waals surface area contributed by atoms with E-state index in [1.807, 2.05) is 0 Å². The van der Waals surface area contributed by atoms with Crippen LogP contribution >= 0.6 is 15.9 Å². The zero-order valence-electron chi connectivity index (χ0n) is 5.96. The largest absolute Gasteiger partial charge is 0.264 e. The van der Waals surface area contributed by atoms with E-state index in [2.05, 4.69) is 15.9 Å². The molecule has 12 heavy (non-hydrogen) atoms. The summed E-state index contributed by atoms with van der Waals surface area (Å²) in [6, 6.07) is 3.99. The van der Waals surface area contributed by atoms with Crippen LogP contribution in [0.4, 0.5) is 4.39 Å². The number of halogens is 2. The molecule has 0 heterocycles. The molecular weight excluding hydrogens is 229 g/mol. The summed E-state index contributed by atoms with van der Waals surface area (Å²) < 4.78 is 12.9. The molecule has 0 spiro atoms. The van der Waals surface area contributed by atoms with Gasteiger partial charge in [0, 0.05) is 10.5 Å². The van der Waals surface area contributed by atoms with Gasteiger partial charge in [-0.3, -0.25) is 10.1 Å². The molecule has 0 saturated heterocycles. The third kappa shape index (κ3) is 2.27. The summed E-state index contributed by atoms with van der Waals surface area (Å²) in [6.07, 6.45) is 0. The minimum Gasteiger partial charge on any atom is -0.264 e. The fourth-order valence-corrected chi connectivity index (χ4v) is 1.21. The van der Waals surface area contributed by atoms with Crippen LogP contribution < -0.4 is 0 Å². The molecule has 0 aliphatic heterocycles. The van der Waals surface area contributed by atoms with Gasteiger partial charge in [-0.15, -0.1) is 0 Å². The van der Waals surface area contributed by atoms with Gasteiger partial charge in [0.15, 0.2) is 0 Å². The summed E-state index contributed by atoms with van der Waals surface area (Å²) in [6.45, 7) is -0.279. The van der Waals surface area contributed by atoms with Crippen molar-refractivity contribution >= 4 is 15.9 Å². The van der Waals surface area contributed by atoms with Crippen LogP contribution in [0.25, 0.3) is 0 Å². The van der Waals surface area contributed by atoms with Crippen LogP contribution in [0.2, 0.25) is 0 Å². The average Bonchev–Trinajstić information content (AvgIpc) is 1.96. The average molecular weight is 234 g/mol. The molecule has 0 aliphatic carbocycles. The van der Waals surface area contributed by atoms with E-state index in [4.69, 9.17) is 0 Å². The highest BCUT2D eigenvalue weighted by Gasteiger charge is 2.04. The van der Waals surface area contributed by atoms with E-state index >= 15 is 0 Å². The van der Waals surface area contributed by atoms with Gasteiger partial charge in [0.25, 0.3) is 0 Å². The SMILES string of the molecule is O=[N+]([O-])Cc1ccc(F)c(Br)c1. The van der Waals surface area contributed by atoms with E-state index in [0.29, 0.717) is 5.56 Å². The quantitative estimate of drug-likeness (QED) is 0.582. The van der Waals surface area contributed by atoms with Crippen molar-refractivity contribution in [2.24, 2.45) is 0 Å². The first-order chi connectivity index (χ1) is 5.59. The fraction of sp³-hybridized carbons (Fsp3) is 0.143. The maximum Gasteiger partial charge on any atom is 0.228 e. The van der Waals surface area contributed by atoms with E-state index in [1.165, 1.54) is 18.2 Å². The maximum absolute atomic E-state index is 12.6. The highest BCUT2D eigenvalue weighted by molar-refractivity contribution is 9.10. The minimum atomic E-state index is -0.459. The Morgan fingerprint density at radius 1 is 1.58 bits per heavy atom. The predicted octanol–water partition coefficient (Wildman–Crippen LogP) is 2.36. The first-order valence-corrected chi connectivity index (χ1v) is 3.94. The zero-order chi connectivity index (χ0) is 9.14. The number of nitrogens with zero attached hydrogens (tertiary/aromatic N) is 1. The molecular formula is C7H5BrFNO2. The van der Waals surface area contributed by atoms with Gasteiger partial charge >= 0.3 is 0 Å². The highest BCUT2D eigenvalue weighted by Crippen LogP contribution is 2.16. The van der Waals surface area contributed by atoms with Crippen LogP contribution in [0.15, 0.2) is 22.7 Å². The topological polar surface area (TPSA) is 43.1 Å². The Morgan fingerprint density at radius 2 is 2.25 bits per heavy atom. The molecule has 1 rings (SSSR count). The van der Waals surface area contributed by atoms with Crippen molar-refractivity contribution in [2.75, 3.05) is 0 Å². The Hall–Kier alpha value is -0.970. The highest BCUT2D eigenvalue weighted by atomic mass is 79.9. The first-order valence-electron chi connectivity index (χ1n) is 3.15. The van der Waals surface area contributed by atoms with Crippen LogP contribution in [-0.4, -0.2) is 4.92 Å². The molecule has 3 nitrogen and oxygen atoms in total. The Morgan fingerprint density at radius 3 is 2.75 bits per heavy atom. The third-order valence-electron chi connectivity index (χ3n) is 1.30. The lowest BCUT2D eigenvalue weighted by Crippen LogP contribution is -1.98. The molecule has 0 atom stereocenters. The maximum atomic E-state index is 12.6. The molecule has 1 aromatic carbocycles. The fourth-order valence-electron chi connectivity index (χ4n) is 0.787. The Labute approximate surface area is 76.5 Å². The molecule has 0 unspecified atom stereocenters. The van der Waals surface area contributed by atoms with Crippen LogP contribution in [0, 0.1) is 15.9 Å². The lowest BCUT2D eigenvalue weighted by molar-refractivity contribution is -0.496. The number of hydrogen-bond donors (Lipinski definition) is 0. The minimum absolute atomic E-state index is 0.252. The second-order valence-electron chi connectivity index (χ2n) is 2.24. The van der Waals surface area contributed by atoms with Crippen molar-refractivity contribution in [3.8, 4) is 0 Å². The Bertz CT molecular complexity index is 316. The predicted molar refractivity (Wildman–Crippen MR) is 44.8 cm³/mol. The van der Waals surface area contributed by atoms with Gasteiger partial charge in [0.2, 0.25) is 6.54 Å². The lowest BCUT2D eigenvalue weighted by Gasteiger charge is -1.96. The second kappa shape index (κ2) is 3.62. The molecule has 64 valence electrons. The normalized spacial score (nSPS) is 9.83. The van der Waals surface area contributed by atoms with E-state index in [1.54, 1.807) is 0 Å². The summed E-state index contributed by atoms with van der Waals surface area (Å²) in [4.78, 5) is 9.60. The van der Waals surface area contributed by atoms with Gasteiger partial charge in [0.1, 0.15) is 5.82 Å². The Kier molecular flexibility index (Phi) is 2.75. The van der Waals surface area contributed by atoms with E-state index in [0.717, 1.165) is 0 Å². The van der Waals surface area contributed by atoms with Crippen LogP contribution in [0.1, 0.15) is 5.56 Å². The van der Waals surface area contributed by atoms with Gasteiger partial charge < -0.3 is 0 Å². The first kappa shape index (κ1) is 9.12. The molecule has 0 aliphatic rings. The summed E-state index contributed by atoms with van der Waals surface area (Å²) >= 11 is 2.94. The van der Waals surface area contributed by atoms with E-state index < -0.39 is 10.7 Å².